The molecule has 0 aliphatic carbocycles. The average molecular weight is 406 g/mol. The number of piperidine rings is 1. The molecule has 0 bridgehead atoms. The maximum atomic E-state index is 12.6. The lowest BCUT2D eigenvalue weighted by atomic mass is 9.89. The van der Waals surface area contributed by atoms with E-state index < -0.39 is 12.0 Å². The Morgan fingerprint density at radius 2 is 1.86 bits per heavy atom. The third-order valence-corrected chi connectivity index (χ3v) is 5.48. The van der Waals surface area contributed by atoms with Crippen molar-refractivity contribution < 1.29 is 18.0 Å². The SMILES string of the molecule is CCCC(CCN1CCC(c2cnc(C(F)(F)F)nc2)CC1=O)c1ccncc1. The van der Waals surface area contributed by atoms with Crippen LogP contribution in [-0.2, 0) is 11.0 Å². The van der Waals surface area contributed by atoms with Crippen LogP contribution in [-0.4, -0.2) is 38.8 Å². The molecule has 1 saturated heterocycles. The van der Waals surface area contributed by atoms with Gasteiger partial charge in [-0.3, -0.25) is 9.78 Å². The summed E-state index contributed by atoms with van der Waals surface area (Å²) in [6.45, 7) is 3.43. The molecule has 1 aliphatic rings. The Morgan fingerprint density at radius 3 is 2.45 bits per heavy atom. The van der Waals surface area contributed by atoms with Crippen LogP contribution in [0.2, 0.25) is 0 Å². The van der Waals surface area contributed by atoms with Crippen LogP contribution in [0.4, 0.5) is 13.2 Å². The molecule has 5 nitrogen and oxygen atoms in total. The van der Waals surface area contributed by atoms with Crippen LogP contribution < -0.4 is 0 Å². The van der Waals surface area contributed by atoms with E-state index >= 15 is 0 Å². The molecule has 1 fully saturated rings. The third kappa shape index (κ3) is 5.52. The third-order valence-electron chi connectivity index (χ3n) is 5.48. The van der Waals surface area contributed by atoms with Gasteiger partial charge in [-0.25, -0.2) is 9.97 Å². The van der Waals surface area contributed by atoms with Crippen LogP contribution >= 0.6 is 0 Å². The van der Waals surface area contributed by atoms with E-state index in [1.807, 2.05) is 17.0 Å². The van der Waals surface area contributed by atoms with Gasteiger partial charge in [-0.1, -0.05) is 13.3 Å². The minimum atomic E-state index is -4.55. The second-order valence-corrected chi connectivity index (χ2v) is 7.46. The molecular formula is C21H25F3N4O. The fraction of sp³-hybridized carbons (Fsp3) is 0.524. The highest BCUT2D eigenvalue weighted by Crippen LogP contribution is 2.31. The maximum Gasteiger partial charge on any atom is 0.451 e. The predicted molar refractivity (Wildman–Crippen MR) is 102 cm³/mol. The zero-order chi connectivity index (χ0) is 20.9. The summed E-state index contributed by atoms with van der Waals surface area (Å²) in [7, 11) is 0. The molecule has 2 atom stereocenters. The van der Waals surface area contributed by atoms with Crippen LogP contribution in [0.15, 0.2) is 36.9 Å². The van der Waals surface area contributed by atoms with Crippen molar-refractivity contribution in [1.29, 1.82) is 0 Å². The van der Waals surface area contributed by atoms with Crippen molar-refractivity contribution in [1.82, 2.24) is 19.9 Å². The first-order valence-electron chi connectivity index (χ1n) is 9.95. The molecule has 0 N–H and O–H groups in total. The highest BCUT2D eigenvalue weighted by atomic mass is 19.4. The van der Waals surface area contributed by atoms with Crippen molar-refractivity contribution in [3.05, 3.63) is 53.9 Å². The number of carbonyl (C=O) groups is 1. The topological polar surface area (TPSA) is 59.0 Å². The van der Waals surface area contributed by atoms with E-state index in [4.69, 9.17) is 0 Å². The van der Waals surface area contributed by atoms with Crippen LogP contribution in [0.25, 0.3) is 0 Å². The second kappa shape index (κ2) is 9.33. The quantitative estimate of drug-likeness (QED) is 0.676. The lowest BCUT2D eigenvalue weighted by Crippen LogP contribution is -2.39. The largest absolute Gasteiger partial charge is 0.451 e. The summed E-state index contributed by atoms with van der Waals surface area (Å²) < 4.78 is 37.8. The molecule has 156 valence electrons. The molecular weight excluding hydrogens is 381 g/mol. The molecule has 2 unspecified atom stereocenters. The van der Waals surface area contributed by atoms with Crippen molar-refractivity contribution in [3.8, 4) is 0 Å². The Bertz CT molecular complexity index is 796. The first-order chi connectivity index (χ1) is 13.9. The van der Waals surface area contributed by atoms with E-state index in [-0.39, 0.29) is 18.2 Å². The van der Waals surface area contributed by atoms with Gasteiger partial charge in [0.15, 0.2) is 0 Å². The molecule has 0 radical (unpaired) electrons. The fourth-order valence-electron chi connectivity index (χ4n) is 3.87. The van der Waals surface area contributed by atoms with Crippen molar-refractivity contribution in [2.24, 2.45) is 0 Å². The van der Waals surface area contributed by atoms with Crippen LogP contribution in [0.3, 0.4) is 0 Å². The van der Waals surface area contributed by atoms with Gasteiger partial charge < -0.3 is 4.90 Å². The Labute approximate surface area is 168 Å². The molecule has 1 amide bonds. The normalized spacial score (nSPS) is 18.7. The molecule has 0 aromatic carbocycles. The Morgan fingerprint density at radius 1 is 1.17 bits per heavy atom. The molecule has 29 heavy (non-hydrogen) atoms. The van der Waals surface area contributed by atoms with Crippen LogP contribution in [0.5, 0.6) is 0 Å². The number of aromatic nitrogens is 3. The lowest BCUT2D eigenvalue weighted by Gasteiger charge is -2.33. The molecule has 0 spiro atoms. The van der Waals surface area contributed by atoms with E-state index in [9.17, 15) is 18.0 Å². The molecule has 3 heterocycles. The molecule has 3 rings (SSSR count). The van der Waals surface area contributed by atoms with Gasteiger partial charge in [0.2, 0.25) is 11.7 Å². The summed E-state index contributed by atoms with van der Waals surface area (Å²) in [5.41, 5.74) is 1.83. The predicted octanol–water partition coefficient (Wildman–Crippen LogP) is 4.57. The summed E-state index contributed by atoms with van der Waals surface area (Å²) in [5, 5.41) is 0. The highest BCUT2D eigenvalue weighted by Gasteiger charge is 2.35. The van der Waals surface area contributed by atoms with Gasteiger partial charge in [-0.15, -0.1) is 0 Å². The van der Waals surface area contributed by atoms with Gasteiger partial charge in [0, 0.05) is 44.3 Å². The number of pyridine rings is 1. The number of alkyl halides is 3. The zero-order valence-corrected chi connectivity index (χ0v) is 16.4. The Balaban J connectivity index is 1.56. The molecule has 8 heteroatoms. The molecule has 2 aromatic heterocycles. The average Bonchev–Trinajstić information content (AvgIpc) is 2.72. The smallest absolute Gasteiger partial charge is 0.343 e. The summed E-state index contributed by atoms with van der Waals surface area (Å²) in [6.07, 6.45) is 5.42. The first kappa shape index (κ1) is 21.2. The molecule has 0 saturated carbocycles. The van der Waals surface area contributed by atoms with E-state index in [0.717, 1.165) is 19.3 Å². The standard InChI is InChI=1S/C21H25F3N4O/c1-2-3-15(16-4-8-25-9-5-16)6-10-28-11-7-17(12-19(28)29)18-13-26-20(27-14-18)21(22,23)24/h4-5,8-9,13-15,17H,2-3,6-7,10-12H2,1H3. The molecule has 2 aromatic rings. The molecule has 1 aliphatic heterocycles. The first-order valence-corrected chi connectivity index (χ1v) is 9.95. The van der Waals surface area contributed by atoms with Gasteiger partial charge >= 0.3 is 6.18 Å². The minimum absolute atomic E-state index is 0.0334. The maximum absolute atomic E-state index is 12.6. The van der Waals surface area contributed by atoms with Crippen LogP contribution in [0, 0.1) is 0 Å². The second-order valence-electron chi connectivity index (χ2n) is 7.46. The van der Waals surface area contributed by atoms with Crippen molar-refractivity contribution in [2.75, 3.05) is 13.1 Å². The van der Waals surface area contributed by atoms with Gasteiger partial charge in [0.1, 0.15) is 0 Å². The summed E-state index contributed by atoms with van der Waals surface area (Å²) in [6, 6.07) is 4.05. The van der Waals surface area contributed by atoms with Crippen LogP contribution in [0.1, 0.15) is 67.8 Å². The van der Waals surface area contributed by atoms with E-state index in [2.05, 4.69) is 21.9 Å². The van der Waals surface area contributed by atoms with E-state index in [0.29, 0.717) is 31.0 Å². The van der Waals surface area contributed by atoms with Gasteiger partial charge in [-0.2, -0.15) is 13.2 Å². The number of carbonyl (C=O) groups excluding carboxylic acids is 1. The van der Waals surface area contributed by atoms with Crippen molar-refractivity contribution in [3.63, 3.8) is 0 Å². The van der Waals surface area contributed by atoms with E-state index in [1.54, 1.807) is 12.4 Å². The zero-order valence-electron chi connectivity index (χ0n) is 16.4. The monoisotopic (exact) mass is 406 g/mol. The number of amides is 1. The number of hydrogen-bond acceptors (Lipinski definition) is 4. The van der Waals surface area contributed by atoms with E-state index in [1.165, 1.54) is 18.0 Å². The Hall–Kier alpha value is -2.51. The van der Waals surface area contributed by atoms with Gasteiger partial charge in [-0.05, 0) is 54.4 Å². The number of likely N-dealkylation sites (tertiary alicyclic amines) is 1. The van der Waals surface area contributed by atoms with Crippen molar-refractivity contribution >= 4 is 5.91 Å². The summed E-state index contributed by atoms with van der Waals surface area (Å²) in [5.74, 6) is -0.862. The number of halogens is 3. The van der Waals surface area contributed by atoms with Crippen molar-refractivity contribution in [2.45, 2.75) is 57.0 Å². The number of hydrogen-bond donors (Lipinski definition) is 0. The fourth-order valence-corrected chi connectivity index (χ4v) is 3.87. The number of rotatable bonds is 7. The Kier molecular flexibility index (Phi) is 6.82. The lowest BCUT2D eigenvalue weighted by molar-refractivity contribution is -0.145. The summed E-state index contributed by atoms with van der Waals surface area (Å²) in [4.78, 5) is 25.4. The van der Waals surface area contributed by atoms with Gasteiger partial charge in [0.25, 0.3) is 0 Å². The summed E-state index contributed by atoms with van der Waals surface area (Å²) >= 11 is 0. The minimum Gasteiger partial charge on any atom is -0.343 e. The number of nitrogens with zero attached hydrogens (tertiary/aromatic N) is 4. The highest BCUT2D eigenvalue weighted by molar-refractivity contribution is 5.78. The van der Waals surface area contributed by atoms with Gasteiger partial charge in [0.05, 0.1) is 0 Å².